The summed E-state index contributed by atoms with van der Waals surface area (Å²) in [7, 11) is 4.72. The number of Topliss-reactive ketones (excluding diaryl/α,β-unsaturated/α-hetero) is 1. The average Bonchev–Trinajstić information content (AvgIpc) is 3.22. The summed E-state index contributed by atoms with van der Waals surface area (Å²) in [6, 6.07) is 10.8. The van der Waals surface area contributed by atoms with Gasteiger partial charge in [-0.2, -0.15) is 0 Å². The number of phenols is 1. The van der Waals surface area contributed by atoms with Crippen LogP contribution in [0.3, 0.4) is 0 Å². The van der Waals surface area contributed by atoms with E-state index in [9.17, 15) is 9.90 Å². The number of hydrogen-bond acceptors (Lipinski definition) is 8. The van der Waals surface area contributed by atoms with Crippen LogP contribution in [0.1, 0.15) is 47.1 Å². The number of hydrogen-bond donors (Lipinski definition) is 2. The smallest absolute Gasteiger partial charge is 0.233 e. The lowest BCUT2D eigenvalue weighted by molar-refractivity contribution is -0.116. The van der Waals surface area contributed by atoms with Crippen LogP contribution in [-0.4, -0.2) is 37.4 Å². The molecule has 3 aromatic rings. The first-order valence-electron chi connectivity index (χ1n) is 11.0. The highest BCUT2D eigenvalue weighted by atomic mass is 16.5. The summed E-state index contributed by atoms with van der Waals surface area (Å²) >= 11 is 0. The number of phenolic OH excluding ortho intramolecular Hbond substituents is 1. The van der Waals surface area contributed by atoms with E-state index >= 15 is 0 Å². The van der Waals surface area contributed by atoms with Crippen LogP contribution in [0.2, 0.25) is 0 Å². The van der Waals surface area contributed by atoms with Crippen LogP contribution in [0.5, 0.6) is 23.0 Å². The van der Waals surface area contributed by atoms with Crippen molar-refractivity contribution in [3.05, 3.63) is 70.1 Å². The van der Waals surface area contributed by atoms with Gasteiger partial charge in [-0.25, -0.2) is 0 Å². The Morgan fingerprint density at radius 2 is 1.82 bits per heavy atom. The normalized spacial score (nSPS) is 19.2. The van der Waals surface area contributed by atoms with Crippen molar-refractivity contribution in [2.75, 3.05) is 26.6 Å². The fourth-order valence-corrected chi connectivity index (χ4v) is 5.02. The molecule has 2 atom stereocenters. The van der Waals surface area contributed by atoms with Crippen molar-refractivity contribution in [1.82, 2.24) is 5.16 Å². The van der Waals surface area contributed by atoms with Crippen molar-refractivity contribution in [3.63, 3.8) is 0 Å². The highest BCUT2D eigenvalue weighted by Gasteiger charge is 2.42. The van der Waals surface area contributed by atoms with Gasteiger partial charge in [0.15, 0.2) is 17.3 Å². The number of benzene rings is 2. The van der Waals surface area contributed by atoms with Gasteiger partial charge in [-0.1, -0.05) is 17.3 Å². The Labute approximate surface area is 197 Å². The molecule has 0 bridgehead atoms. The number of allylic oxidation sites excluding steroid dienone is 2. The number of nitrogens with zero attached hydrogens (tertiary/aromatic N) is 1. The molecule has 0 saturated heterocycles. The van der Waals surface area contributed by atoms with Gasteiger partial charge in [0.2, 0.25) is 5.88 Å². The Kier molecular flexibility index (Phi) is 5.43. The summed E-state index contributed by atoms with van der Waals surface area (Å²) in [4.78, 5) is 13.7. The summed E-state index contributed by atoms with van der Waals surface area (Å²) < 4.78 is 21.9. The Morgan fingerprint density at radius 1 is 1.03 bits per heavy atom. The summed E-state index contributed by atoms with van der Waals surface area (Å²) in [6.45, 7) is 1.87. The molecule has 0 fully saturated rings. The van der Waals surface area contributed by atoms with Crippen molar-refractivity contribution >= 4 is 11.7 Å². The van der Waals surface area contributed by atoms with Gasteiger partial charge in [0.1, 0.15) is 11.5 Å². The predicted molar refractivity (Wildman–Crippen MR) is 125 cm³/mol. The molecule has 176 valence electrons. The molecular weight excluding hydrogens is 436 g/mol. The molecule has 1 aliphatic carbocycles. The number of fused-ring (bicyclic) bond motifs is 1. The first-order valence-corrected chi connectivity index (χ1v) is 11.0. The highest BCUT2D eigenvalue weighted by Crippen LogP contribution is 2.51. The molecule has 0 spiro atoms. The summed E-state index contributed by atoms with van der Waals surface area (Å²) in [5.74, 6) is 1.88. The van der Waals surface area contributed by atoms with E-state index in [-0.39, 0.29) is 23.4 Å². The molecule has 2 N–H and O–H groups in total. The lowest BCUT2D eigenvalue weighted by atomic mass is 9.72. The molecule has 0 amide bonds. The standard InChI is InChI=1S/C26H26N2O6/c1-13-23-24(17-7-6-16(31-2)12-21(17)32-3)25-18(27-26(23)34-28-13)9-15(10-20(25)30)14-5-8-19(29)22(11-14)33-4/h5-8,11-12,15,24,27,29H,9-10H2,1-4H3/t15-,24+/m0/s1. The van der Waals surface area contributed by atoms with E-state index < -0.39 is 0 Å². The van der Waals surface area contributed by atoms with E-state index in [1.165, 1.54) is 7.11 Å². The van der Waals surface area contributed by atoms with E-state index in [2.05, 4.69) is 10.5 Å². The van der Waals surface area contributed by atoms with E-state index in [4.69, 9.17) is 18.7 Å². The number of nitrogens with one attached hydrogen (secondary N) is 1. The fourth-order valence-electron chi connectivity index (χ4n) is 5.02. The van der Waals surface area contributed by atoms with Crippen LogP contribution in [-0.2, 0) is 4.79 Å². The lowest BCUT2D eigenvalue weighted by Gasteiger charge is -2.35. The molecule has 8 heteroatoms. The van der Waals surface area contributed by atoms with E-state index in [0.717, 1.165) is 28.1 Å². The van der Waals surface area contributed by atoms with E-state index in [0.29, 0.717) is 41.5 Å². The van der Waals surface area contributed by atoms with Gasteiger partial charge in [-0.05, 0) is 43.0 Å². The molecule has 2 heterocycles. The zero-order valence-electron chi connectivity index (χ0n) is 19.5. The lowest BCUT2D eigenvalue weighted by Crippen LogP contribution is -2.29. The summed E-state index contributed by atoms with van der Waals surface area (Å²) in [6.07, 6.45) is 0.937. The molecule has 0 saturated carbocycles. The second-order valence-corrected chi connectivity index (χ2v) is 8.53. The molecule has 0 unspecified atom stereocenters. The first-order chi connectivity index (χ1) is 16.4. The maximum atomic E-state index is 13.7. The molecule has 0 radical (unpaired) electrons. The number of rotatable bonds is 5. The Bertz CT molecular complexity index is 1310. The number of aromatic hydroxyl groups is 1. The van der Waals surface area contributed by atoms with Gasteiger partial charge in [0.25, 0.3) is 0 Å². The number of carbonyl (C=O) groups is 1. The Balaban J connectivity index is 1.62. The molecule has 8 nitrogen and oxygen atoms in total. The zero-order chi connectivity index (χ0) is 24.0. The second kappa shape index (κ2) is 8.44. The van der Waals surface area contributed by atoms with Crippen LogP contribution < -0.4 is 19.5 Å². The average molecular weight is 463 g/mol. The van der Waals surface area contributed by atoms with Crippen molar-refractivity contribution in [2.45, 2.75) is 31.6 Å². The monoisotopic (exact) mass is 462 g/mol. The van der Waals surface area contributed by atoms with E-state index in [1.807, 2.05) is 31.2 Å². The number of aryl methyl sites for hydroxylation is 1. The maximum absolute atomic E-state index is 13.7. The molecule has 5 rings (SSSR count). The molecule has 2 aliphatic rings. The van der Waals surface area contributed by atoms with Gasteiger partial charge >= 0.3 is 0 Å². The van der Waals surface area contributed by atoms with Gasteiger partial charge in [-0.15, -0.1) is 0 Å². The summed E-state index contributed by atoms with van der Waals surface area (Å²) in [5, 5.41) is 17.5. The van der Waals surface area contributed by atoms with E-state index in [1.54, 1.807) is 26.4 Å². The number of aromatic nitrogens is 1. The van der Waals surface area contributed by atoms with Crippen LogP contribution in [0.15, 0.2) is 52.2 Å². The van der Waals surface area contributed by atoms with Crippen molar-refractivity contribution in [3.8, 4) is 23.0 Å². The third kappa shape index (κ3) is 3.46. The second-order valence-electron chi connectivity index (χ2n) is 8.53. The van der Waals surface area contributed by atoms with Crippen LogP contribution in [0, 0.1) is 6.92 Å². The number of anilines is 1. The minimum absolute atomic E-state index is 0.0416. The van der Waals surface area contributed by atoms with Crippen molar-refractivity contribution in [2.24, 2.45) is 0 Å². The third-order valence-electron chi connectivity index (χ3n) is 6.68. The number of methoxy groups -OCH3 is 3. The molecular formula is C26H26N2O6. The Morgan fingerprint density at radius 3 is 2.56 bits per heavy atom. The maximum Gasteiger partial charge on any atom is 0.233 e. The van der Waals surface area contributed by atoms with Crippen LogP contribution >= 0.6 is 0 Å². The number of ketones is 1. The molecule has 1 aliphatic heterocycles. The van der Waals surface area contributed by atoms with Crippen molar-refractivity contribution < 1.29 is 28.6 Å². The molecule has 34 heavy (non-hydrogen) atoms. The molecule has 2 aromatic carbocycles. The van der Waals surface area contributed by atoms with Crippen molar-refractivity contribution in [1.29, 1.82) is 0 Å². The highest BCUT2D eigenvalue weighted by molar-refractivity contribution is 6.01. The zero-order valence-corrected chi connectivity index (χ0v) is 19.5. The van der Waals surface area contributed by atoms with Gasteiger partial charge < -0.3 is 29.2 Å². The van der Waals surface area contributed by atoms with Gasteiger partial charge in [0.05, 0.1) is 38.5 Å². The largest absolute Gasteiger partial charge is 0.504 e. The topological polar surface area (TPSA) is 103 Å². The predicted octanol–water partition coefficient (Wildman–Crippen LogP) is 4.67. The van der Waals surface area contributed by atoms with Gasteiger partial charge in [-0.3, -0.25) is 4.79 Å². The summed E-state index contributed by atoms with van der Waals surface area (Å²) in [5.41, 5.74) is 4.83. The quantitative estimate of drug-likeness (QED) is 0.564. The minimum atomic E-state index is -0.374. The third-order valence-corrected chi connectivity index (χ3v) is 6.68. The fraction of sp³-hybridized carbons (Fsp3) is 0.308. The first kappa shape index (κ1) is 21.9. The molecule has 1 aromatic heterocycles. The Hall–Kier alpha value is -3.94. The number of ether oxygens (including phenoxy) is 3. The van der Waals surface area contributed by atoms with Crippen LogP contribution in [0.25, 0.3) is 0 Å². The van der Waals surface area contributed by atoms with Crippen LogP contribution in [0.4, 0.5) is 5.88 Å². The number of carbonyl (C=O) groups excluding carboxylic acids is 1. The minimum Gasteiger partial charge on any atom is -0.504 e. The van der Waals surface area contributed by atoms with Gasteiger partial charge in [0, 0.05) is 29.3 Å². The SMILES string of the molecule is COc1ccc([C@H]2C3=C(C[C@H](c4ccc(O)c(OC)c4)CC3=O)Nc3onc(C)c32)c(OC)c1.